The number of hydrogen-bond acceptors (Lipinski definition) is 6. The second-order valence-corrected chi connectivity index (χ2v) is 7.43. The zero-order valence-corrected chi connectivity index (χ0v) is 16.8. The first-order chi connectivity index (χ1) is 15.2. The summed E-state index contributed by atoms with van der Waals surface area (Å²) in [7, 11) is 0. The van der Waals surface area contributed by atoms with Crippen LogP contribution in [0.1, 0.15) is 24.0 Å². The number of aliphatic imine (C=N–C) groups is 1. The maximum atomic E-state index is 13.9. The number of guanidine groups is 1. The summed E-state index contributed by atoms with van der Waals surface area (Å²) >= 11 is 0. The van der Waals surface area contributed by atoms with Crippen molar-refractivity contribution in [2.75, 3.05) is 6.61 Å². The van der Waals surface area contributed by atoms with Crippen LogP contribution in [0, 0.1) is 0 Å². The van der Waals surface area contributed by atoms with Gasteiger partial charge < -0.3 is 15.2 Å². The van der Waals surface area contributed by atoms with Crippen LogP contribution in [-0.4, -0.2) is 47.9 Å². The van der Waals surface area contributed by atoms with E-state index in [0.29, 0.717) is 17.5 Å². The van der Waals surface area contributed by atoms with Gasteiger partial charge in [0.1, 0.15) is 6.10 Å². The molecule has 2 aliphatic heterocycles. The molecule has 1 saturated heterocycles. The van der Waals surface area contributed by atoms with Crippen molar-refractivity contribution in [2.45, 2.75) is 36.9 Å². The molecule has 2 aromatic rings. The Bertz CT molecular complexity index is 982. The molecule has 2 aromatic carbocycles. The van der Waals surface area contributed by atoms with Crippen molar-refractivity contribution >= 4 is 17.8 Å². The highest BCUT2D eigenvalue weighted by molar-refractivity contribution is 6.09. The fourth-order valence-corrected chi connectivity index (χ4v) is 4.00. The summed E-state index contributed by atoms with van der Waals surface area (Å²) in [6.07, 6.45) is -7.11. The number of rotatable bonds is 5. The molecule has 1 amide bonds. The van der Waals surface area contributed by atoms with E-state index in [-0.39, 0.29) is 19.0 Å². The van der Waals surface area contributed by atoms with Crippen LogP contribution in [0.2, 0.25) is 0 Å². The third kappa shape index (κ3) is 3.70. The van der Waals surface area contributed by atoms with Crippen LogP contribution in [0.4, 0.5) is 13.2 Å². The summed E-state index contributed by atoms with van der Waals surface area (Å²) in [4.78, 5) is 30.8. The minimum atomic E-state index is -5.25. The van der Waals surface area contributed by atoms with Crippen LogP contribution >= 0.6 is 0 Å². The Morgan fingerprint density at radius 2 is 1.69 bits per heavy atom. The van der Waals surface area contributed by atoms with Crippen LogP contribution in [-0.2, 0) is 24.6 Å². The number of hydrogen-bond donors (Lipinski definition) is 1. The molecule has 2 heterocycles. The van der Waals surface area contributed by atoms with Gasteiger partial charge in [-0.3, -0.25) is 4.79 Å². The van der Waals surface area contributed by atoms with Crippen LogP contribution in [0.5, 0.6) is 0 Å². The number of esters is 1. The van der Waals surface area contributed by atoms with Gasteiger partial charge in [0.2, 0.25) is 12.2 Å². The standard InChI is InChI=1S/C22H20F3N3O4/c23-22(24,25)19(30)32-17(16-12-7-13-31-16)28-18(29)21(27-20(28)26,14-8-3-1-4-9-14)15-10-5-2-6-11-15/h1-6,8-11,16-17H,7,12-13H2,(H2,26,27). The van der Waals surface area contributed by atoms with Gasteiger partial charge in [-0.15, -0.1) is 0 Å². The van der Waals surface area contributed by atoms with Gasteiger partial charge in [0.15, 0.2) is 5.54 Å². The Morgan fingerprint density at radius 3 is 2.16 bits per heavy atom. The summed E-state index contributed by atoms with van der Waals surface area (Å²) in [5.41, 5.74) is 5.39. The number of benzene rings is 2. The van der Waals surface area contributed by atoms with E-state index in [1.165, 1.54) is 0 Å². The van der Waals surface area contributed by atoms with E-state index in [0.717, 1.165) is 4.90 Å². The van der Waals surface area contributed by atoms with Gasteiger partial charge in [-0.2, -0.15) is 13.2 Å². The van der Waals surface area contributed by atoms with Gasteiger partial charge in [-0.1, -0.05) is 60.7 Å². The molecule has 0 aliphatic carbocycles. The van der Waals surface area contributed by atoms with Crippen molar-refractivity contribution in [1.29, 1.82) is 0 Å². The Morgan fingerprint density at radius 1 is 1.12 bits per heavy atom. The molecular formula is C22H20F3N3O4. The van der Waals surface area contributed by atoms with E-state index in [2.05, 4.69) is 4.99 Å². The van der Waals surface area contributed by atoms with Gasteiger partial charge in [0, 0.05) is 6.61 Å². The molecule has 10 heteroatoms. The van der Waals surface area contributed by atoms with Crippen molar-refractivity contribution in [1.82, 2.24) is 4.90 Å². The average molecular weight is 447 g/mol. The first kappa shape index (κ1) is 21.8. The van der Waals surface area contributed by atoms with Crippen LogP contribution in [0.3, 0.4) is 0 Å². The smallest absolute Gasteiger partial charge is 0.431 e. The number of halogens is 3. The van der Waals surface area contributed by atoms with E-state index in [4.69, 9.17) is 15.2 Å². The predicted molar refractivity (Wildman–Crippen MR) is 107 cm³/mol. The lowest BCUT2D eigenvalue weighted by Crippen LogP contribution is -2.55. The number of carbonyl (C=O) groups is 2. The van der Waals surface area contributed by atoms with Crippen molar-refractivity contribution in [3.8, 4) is 0 Å². The maximum absolute atomic E-state index is 13.9. The quantitative estimate of drug-likeness (QED) is 0.712. The predicted octanol–water partition coefficient (Wildman–Crippen LogP) is 2.70. The van der Waals surface area contributed by atoms with E-state index in [9.17, 15) is 22.8 Å². The monoisotopic (exact) mass is 447 g/mol. The first-order valence-corrected chi connectivity index (χ1v) is 9.94. The zero-order valence-electron chi connectivity index (χ0n) is 16.8. The van der Waals surface area contributed by atoms with Gasteiger partial charge >= 0.3 is 12.1 Å². The van der Waals surface area contributed by atoms with Crippen molar-refractivity contribution in [3.05, 3.63) is 71.8 Å². The summed E-state index contributed by atoms with van der Waals surface area (Å²) < 4.78 is 49.2. The summed E-state index contributed by atoms with van der Waals surface area (Å²) in [6, 6.07) is 17.1. The number of alkyl halides is 3. The number of amides is 1. The second-order valence-electron chi connectivity index (χ2n) is 7.43. The van der Waals surface area contributed by atoms with Crippen LogP contribution in [0.25, 0.3) is 0 Å². The van der Waals surface area contributed by atoms with Gasteiger partial charge in [0.05, 0.1) is 0 Å². The van der Waals surface area contributed by atoms with Crippen molar-refractivity contribution < 1.29 is 32.2 Å². The topological polar surface area (TPSA) is 94.2 Å². The zero-order chi connectivity index (χ0) is 22.9. The van der Waals surface area contributed by atoms with E-state index < -0.39 is 35.9 Å². The molecule has 0 aromatic heterocycles. The maximum Gasteiger partial charge on any atom is 0.491 e. The molecule has 32 heavy (non-hydrogen) atoms. The highest BCUT2D eigenvalue weighted by Crippen LogP contribution is 2.41. The third-order valence-electron chi connectivity index (χ3n) is 5.44. The normalized spacial score (nSPS) is 21.3. The molecule has 2 N–H and O–H groups in total. The highest BCUT2D eigenvalue weighted by Gasteiger charge is 2.56. The summed E-state index contributed by atoms with van der Waals surface area (Å²) in [5, 5.41) is 0. The average Bonchev–Trinajstić information content (AvgIpc) is 3.40. The Balaban J connectivity index is 1.81. The van der Waals surface area contributed by atoms with Gasteiger partial charge in [0.25, 0.3) is 5.91 Å². The fourth-order valence-electron chi connectivity index (χ4n) is 4.00. The molecule has 0 saturated carbocycles. The number of ether oxygens (including phenoxy) is 2. The van der Waals surface area contributed by atoms with Gasteiger partial charge in [-0.05, 0) is 24.0 Å². The molecule has 2 atom stereocenters. The highest BCUT2D eigenvalue weighted by atomic mass is 19.4. The lowest BCUT2D eigenvalue weighted by Gasteiger charge is -2.33. The van der Waals surface area contributed by atoms with Gasteiger partial charge in [-0.25, -0.2) is 14.7 Å². The molecule has 0 radical (unpaired) electrons. The molecule has 168 valence electrons. The molecule has 0 bridgehead atoms. The van der Waals surface area contributed by atoms with E-state index >= 15 is 0 Å². The van der Waals surface area contributed by atoms with E-state index in [1.807, 2.05) is 0 Å². The first-order valence-electron chi connectivity index (χ1n) is 9.94. The van der Waals surface area contributed by atoms with Crippen LogP contribution < -0.4 is 5.73 Å². The number of nitrogens with zero attached hydrogens (tertiary/aromatic N) is 2. The van der Waals surface area contributed by atoms with Crippen LogP contribution in [0.15, 0.2) is 65.7 Å². The lowest BCUT2D eigenvalue weighted by molar-refractivity contribution is -0.217. The minimum absolute atomic E-state index is 0.256. The van der Waals surface area contributed by atoms with E-state index in [1.54, 1.807) is 60.7 Å². The Hall–Kier alpha value is -3.40. The number of carbonyl (C=O) groups excluding carboxylic acids is 2. The summed E-state index contributed by atoms with van der Waals surface area (Å²) in [6.45, 7) is 0.256. The molecule has 2 unspecified atom stereocenters. The number of nitrogens with two attached hydrogens (primary N) is 1. The minimum Gasteiger partial charge on any atom is -0.431 e. The lowest BCUT2D eigenvalue weighted by atomic mass is 9.83. The molecule has 0 spiro atoms. The fraction of sp³-hybridized carbons (Fsp3) is 0.318. The Kier molecular flexibility index (Phi) is 5.64. The second kappa shape index (κ2) is 8.27. The largest absolute Gasteiger partial charge is 0.491 e. The van der Waals surface area contributed by atoms with Crippen molar-refractivity contribution in [3.63, 3.8) is 0 Å². The molecular weight excluding hydrogens is 427 g/mol. The molecule has 7 nitrogen and oxygen atoms in total. The third-order valence-corrected chi connectivity index (χ3v) is 5.44. The summed E-state index contributed by atoms with van der Waals surface area (Å²) in [5.74, 6) is -3.53. The molecule has 4 rings (SSSR count). The Labute approximate surface area is 181 Å². The van der Waals surface area contributed by atoms with Crippen molar-refractivity contribution in [2.24, 2.45) is 10.7 Å². The molecule has 1 fully saturated rings. The SMILES string of the molecule is NC1=NC(c2ccccc2)(c2ccccc2)C(=O)N1C(OC(=O)C(F)(F)F)C1CCCO1. The molecule has 2 aliphatic rings.